The van der Waals surface area contributed by atoms with Crippen molar-refractivity contribution in [3.05, 3.63) is 35.6 Å². The van der Waals surface area contributed by atoms with Crippen LogP contribution in [0.3, 0.4) is 0 Å². The molecule has 116 valence electrons. The number of nitrogens with one attached hydrogen (secondary N) is 1. The van der Waals surface area contributed by atoms with Crippen molar-refractivity contribution in [2.75, 3.05) is 26.8 Å². The zero-order valence-corrected chi connectivity index (χ0v) is 12.4. The highest BCUT2D eigenvalue weighted by Crippen LogP contribution is 2.02. The van der Waals surface area contributed by atoms with Crippen LogP contribution in [0.1, 0.15) is 18.9 Å². The molecule has 0 aromatic heterocycles. The van der Waals surface area contributed by atoms with Crippen LogP contribution in [-0.2, 0) is 20.9 Å². The van der Waals surface area contributed by atoms with Gasteiger partial charge in [-0.3, -0.25) is 9.59 Å². The Labute approximate surface area is 124 Å². The van der Waals surface area contributed by atoms with Crippen molar-refractivity contribution in [1.29, 1.82) is 0 Å². The number of rotatable bonds is 8. The van der Waals surface area contributed by atoms with Gasteiger partial charge in [-0.15, -0.1) is 0 Å². The highest BCUT2D eigenvalue weighted by Gasteiger charge is 2.12. The smallest absolute Gasteiger partial charge is 0.239 e. The average molecular weight is 296 g/mol. The molecule has 1 aromatic carbocycles. The van der Waals surface area contributed by atoms with Crippen molar-refractivity contribution < 1.29 is 18.7 Å². The maximum atomic E-state index is 12.8. The Morgan fingerprint density at radius 1 is 1.29 bits per heavy atom. The summed E-state index contributed by atoms with van der Waals surface area (Å²) < 4.78 is 17.7. The second kappa shape index (κ2) is 9.07. The van der Waals surface area contributed by atoms with Crippen LogP contribution in [0.5, 0.6) is 0 Å². The molecule has 1 aromatic rings. The molecule has 1 N–H and O–H groups in total. The molecule has 1 rings (SSSR count). The molecule has 0 saturated carbocycles. The molecule has 0 spiro atoms. The second-order valence-corrected chi connectivity index (χ2v) is 4.69. The Balaban J connectivity index is 2.39. The fraction of sp³-hybridized carbons (Fsp3) is 0.467. The number of nitrogens with zero attached hydrogens (tertiary/aromatic N) is 1. The lowest BCUT2D eigenvalue weighted by molar-refractivity contribution is -0.134. The lowest BCUT2D eigenvalue weighted by atomic mass is 10.2. The summed E-state index contributed by atoms with van der Waals surface area (Å²) in [7, 11) is 1.59. The van der Waals surface area contributed by atoms with Crippen molar-refractivity contribution in [3.63, 3.8) is 0 Å². The third-order valence-electron chi connectivity index (χ3n) is 2.96. The van der Waals surface area contributed by atoms with Gasteiger partial charge in [0.1, 0.15) is 5.82 Å². The van der Waals surface area contributed by atoms with Gasteiger partial charge in [-0.05, 0) is 24.1 Å². The van der Waals surface area contributed by atoms with E-state index in [0.29, 0.717) is 26.1 Å². The molecule has 0 fully saturated rings. The fourth-order valence-corrected chi connectivity index (χ4v) is 1.78. The van der Waals surface area contributed by atoms with E-state index in [1.54, 1.807) is 19.2 Å². The number of amides is 2. The predicted molar refractivity (Wildman–Crippen MR) is 77.0 cm³/mol. The summed E-state index contributed by atoms with van der Waals surface area (Å²) in [6.45, 7) is 2.78. The van der Waals surface area contributed by atoms with E-state index in [-0.39, 0.29) is 24.2 Å². The van der Waals surface area contributed by atoms with Crippen molar-refractivity contribution in [2.24, 2.45) is 0 Å². The van der Waals surface area contributed by atoms with Crippen molar-refractivity contribution >= 4 is 11.8 Å². The average Bonchev–Trinajstić information content (AvgIpc) is 2.45. The van der Waals surface area contributed by atoms with E-state index in [0.717, 1.165) is 5.56 Å². The van der Waals surface area contributed by atoms with Crippen LogP contribution < -0.4 is 5.32 Å². The van der Waals surface area contributed by atoms with E-state index in [9.17, 15) is 14.0 Å². The van der Waals surface area contributed by atoms with Gasteiger partial charge >= 0.3 is 0 Å². The first kappa shape index (κ1) is 17.1. The molecule has 0 unspecified atom stereocenters. The molecule has 0 aliphatic heterocycles. The van der Waals surface area contributed by atoms with E-state index in [1.165, 1.54) is 24.0 Å². The molecule has 0 bridgehead atoms. The Morgan fingerprint density at radius 3 is 2.52 bits per heavy atom. The minimum absolute atomic E-state index is 0.0141. The van der Waals surface area contributed by atoms with Gasteiger partial charge in [-0.25, -0.2) is 4.39 Å². The molecule has 0 saturated heterocycles. The molecule has 0 aliphatic carbocycles. The second-order valence-electron chi connectivity index (χ2n) is 4.69. The number of hydrogen-bond donors (Lipinski definition) is 1. The van der Waals surface area contributed by atoms with Gasteiger partial charge in [0.05, 0.1) is 6.54 Å². The largest absolute Gasteiger partial charge is 0.385 e. The molecular weight excluding hydrogens is 275 g/mol. The van der Waals surface area contributed by atoms with Crippen molar-refractivity contribution in [1.82, 2.24) is 10.2 Å². The van der Waals surface area contributed by atoms with E-state index >= 15 is 0 Å². The van der Waals surface area contributed by atoms with Gasteiger partial charge in [0.15, 0.2) is 0 Å². The third kappa shape index (κ3) is 6.85. The molecule has 5 nitrogen and oxygen atoms in total. The Kier molecular flexibility index (Phi) is 7.39. The summed E-state index contributed by atoms with van der Waals surface area (Å²) in [5, 5.41) is 2.71. The number of hydrogen-bond acceptors (Lipinski definition) is 3. The first-order chi connectivity index (χ1) is 10.0. The molecule has 0 radical (unpaired) electrons. The molecule has 6 heteroatoms. The molecular formula is C15H21FN2O3. The van der Waals surface area contributed by atoms with Crippen LogP contribution >= 0.6 is 0 Å². The Hall–Kier alpha value is -1.95. The number of carbonyl (C=O) groups excluding carboxylic acids is 2. The summed E-state index contributed by atoms with van der Waals surface area (Å²) in [5.74, 6) is -0.707. The standard InChI is InChI=1S/C15H21FN2O3/c1-12(19)18(8-3-9-21-2)11-15(20)17-10-13-4-6-14(16)7-5-13/h4-7H,3,8-11H2,1-2H3,(H,17,20). The zero-order chi connectivity index (χ0) is 15.7. The summed E-state index contributed by atoms with van der Waals surface area (Å²) >= 11 is 0. The highest BCUT2D eigenvalue weighted by atomic mass is 19.1. The number of halogens is 1. The molecule has 0 atom stereocenters. The van der Waals surface area contributed by atoms with Gasteiger partial charge in [0.25, 0.3) is 0 Å². The lowest BCUT2D eigenvalue weighted by Gasteiger charge is -2.20. The summed E-state index contributed by atoms with van der Waals surface area (Å²) in [5.41, 5.74) is 0.804. The van der Waals surface area contributed by atoms with Crippen LogP contribution in [0.15, 0.2) is 24.3 Å². The first-order valence-electron chi connectivity index (χ1n) is 6.78. The van der Waals surface area contributed by atoms with Crippen LogP contribution in [-0.4, -0.2) is 43.5 Å². The van der Waals surface area contributed by atoms with Crippen LogP contribution in [0.4, 0.5) is 4.39 Å². The predicted octanol–water partition coefficient (Wildman–Crippen LogP) is 1.33. The van der Waals surface area contributed by atoms with Gasteiger partial charge < -0.3 is 15.0 Å². The topological polar surface area (TPSA) is 58.6 Å². The number of carbonyl (C=O) groups is 2. The van der Waals surface area contributed by atoms with E-state index < -0.39 is 0 Å². The maximum Gasteiger partial charge on any atom is 0.239 e. The molecule has 2 amide bonds. The number of methoxy groups -OCH3 is 1. The van der Waals surface area contributed by atoms with Gasteiger partial charge in [0.2, 0.25) is 11.8 Å². The van der Waals surface area contributed by atoms with Crippen LogP contribution in [0, 0.1) is 5.82 Å². The van der Waals surface area contributed by atoms with Gasteiger partial charge in [0, 0.05) is 33.7 Å². The third-order valence-corrected chi connectivity index (χ3v) is 2.96. The first-order valence-corrected chi connectivity index (χ1v) is 6.78. The van der Waals surface area contributed by atoms with Crippen LogP contribution in [0.25, 0.3) is 0 Å². The Morgan fingerprint density at radius 2 is 1.95 bits per heavy atom. The van der Waals surface area contributed by atoms with Gasteiger partial charge in [-0.2, -0.15) is 0 Å². The molecule has 21 heavy (non-hydrogen) atoms. The van der Waals surface area contributed by atoms with Crippen molar-refractivity contribution in [3.8, 4) is 0 Å². The Bertz CT molecular complexity index is 462. The van der Waals surface area contributed by atoms with Crippen LogP contribution in [0.2, 0.25) is 0 Å². The van der Waals surface area contributed by atoms with E-state index in [1.807, 2.05) is 0 Å². The molecule has 0 aliphatic rings. The fourth-order valence-electron chi connectivity index (χ4n) is 1.78. The monoisotopic (exact) mass is 296 g/mol. The SMILES string of the molecule is COCCCN(CC(=O)NCc1ccc(F)cc1)C(C)=O. The van der Waals surface area contributed by atoms with E-state index in [4.69, 9.17) is 4.74 Å². The minimum atomic E-state index is -0.314. The summed E-state index contributed by atoms with van der Waals surface area (Å²) in [6.07, 6.45) is 0.682. The highest BCUT2D eigenvalue weighted by molar-refractivity contribution is 5.83. The minimum Gasteiger partial charge on any atom is -0.385 e. The zero-order valence-electron chi connectivity index (χ0n) is 12.4. The lowest BCUT2D eigenvalue weighted by Crippen LogP contribution is -2.40. The molecule has 0 heterocycles. The van der Waals surface area contributed by atoms with Gasteiger partial charge in [-0.1, -0.05) is 12.1 Å². The number of benzene rings is 1. The maximum absolute atomic E-state index is 12.8. The summed E-state index contributed by atoms with van der Waals surface area (Å²) in [4.78, 5) is 24.7. The normalized spacial score (nSPS) is 10.2. The van der Waals surface area contributed by atoms with Crippen molar-refractivity contribution in [2.45, 2.75) is 19.9 Å². The number of ether oxygens (including phenoxy) is 1. The van der Waals surface area contributed by atoms with E-state index in [2.05, 4.69) is 5.32 Å². The quantitative estimate of drug-likeness (QED) is 0.736. The summed E-state index contributed by atoms with van der Waals surface area (Å²) in [6, 6.07) is 5.90.